The monoisotopic (exact) mass is 433 g/mol. The van der Waals surface area contributed by atoms with Crippen molar-refractivity contribution in [2.24, 2.45) is 0 Å². The van der Waals surface area contributed by atoms with E-state index in [0.29, 0.717) is 56.9 Å². The Morgan fingerprint density at radius 2 is 1.78 bits per heavy atom. The Morgan fingerprint density at radius 3 is 2.56 bits per heavy atom. The maximum atomic E-state index is 12.8. The molecule has 1 fully saturated rings. The van der Waals surface area contributed by atoms with Crippen LogP contribution >= 0.6 is 0 Å². The lowest BCUT2D eigenvalue weighted by molar-refractivity contribution is -0.129. The number of nitrogens with zero attached hydrogens (tertiary/aromatic N) is 1. The second kappa shape index (κ2) is 8.01. The molecule has 0 saturated carbocycles. The highest BCUT2D eigenvalue weighted by molar-refractivity contribution is 6.01. The number of hydrogen-bond donors (Lipinski definition) is 0. The van der Waals surface area contributed by atoms with Crippen LogP contribution in [0.3, 0.4) is 0 Å². The van der Waals surface area contributed by atoms with Crippen molar-refractivity contribution in [3.8, 4) is 17.2 Å². The third-order valence-electron chi connectivity index (χ3n) is 6.75. The van der Waals surface area contributed by atoms with E-state index in [0.717, 1.165) is 28.2 Å². The van der Waals surface area contributed by atoms with Crippen molar-refractivity contribution in [1.82, 2.24) is 4.90 Å². The summed E-state index contributed by atoms with van der Waals surface area (Å²) in [7, 11) is 0. The first-order valence-electron chi connectivity index (χ1n) is 11.1. The van der Waals surface area contributed by atoms with E-state index in [2.05, 4.69) is 0 Å². The zero-order valence-electron chi connectivity index (χ0n) is 18.5. The highest BCUT2D eigenvalue weighted by atomic mass is 16.6. The smallest absolute Gasteiger partial charge is 0.246 e. The number of amides is 1. The molecule has 32 heavy (non-hydrogen) atoms. The number of likely N-dealkylation sites (tertiary alicyclic amines) is 1. The van der Waals surface area contributed by atoms with E-state index < -0.39 is 5.60 Å². The number of ether oxygens (including phenoxy) is 3. The molecule has 3 heterocycles. The van der Waals surface area contributed by atoms with Crippen molar-refractivity contribution in [3.63, 3.8) is 0 Å². The van der Waals surface area contributed by atoms with Gasteiger partial charge < -0.3 is 19.1 Å². The Labute approximate surface area is 187 Å². The summed E-state index contributed by atoms with van der Waals surface area (Å²) >= 11 is 0. The maximum absolute atomic E-state index is 12.8. The van der Waals surface area contributed by atoms with Crippen LogP contribution in [0.4, 0.5) is 0 Å². The Kier molecular flexibility index (Phi) is 5.16. The van der Waals surface area contributed by atoms with Crippen LogP contribution in [0.25, 0.3) is 6.08 Å². The minimum atomic E-state index is -0.515. The van der Waals surface area contributed by atoms with E-state index >= 15 is 0 Å². The number of Topliss-reactive ketones (excluding diaryl/α,β-unsaturated/α-hetero) is 1. The third-order valence-corrected chi connectivity index (χ3v) is 6.75. The van der Waals surface area contributed by atoms with Crippen molar-refractivity contribution in [2.45, 2.75) is 38.7 Å². The number of aryl methyl sites for hydroxylation is 1. The summed E-state index contributed by atoms with van der Waals surface area (Å²) in [6.07, 6.45) is 5.06. The van der Waals surface area contributed by atoms with Gasteiger partial charge in [0.25, 0.3) is 0 Å². The number of rotatable bonds is 2. The Hall–Kier alpha value is -3.28. The molecule has 166 valence electrons. The number of hydrogen-bond acceptors (Lipinski definition) is 5. The molecule has 0 bridgehead atoms. The fourth-order valence-electron chi connectivity index (χ4n) is 4.63. The molecule has 0 radical (unpaired) electrons. The number of piperidine rings is 1. The number of benzene rings is 2. The molecule has 1 amide bonds. The van der Waals surface area contributed by atoms with Crippen molar-refractivity contribution >= 4 is 17.8 Å². The fourth-order valence-corrected chi connectivity index (χ4v) is 4.63. The molecule has 1 saturated heterocycles. The number of ketones is 1. The average Bonchev–Trinajstić information content (AvgIpc) is 2.80. The summed E-state index contributed by atoms with van der Waals surface area (Å²) in [6, 6.07) is 9.50. The minimum Gasteiger partial charge on any atom is -0.486 e. The van der Waals surface area contributed by atoms with Crippen molar-refractivity contribution in [1.29, 1.82) is 0 Å². The van der Waals surface area contributed by atoms with Crippen LogP contribution in [0.1, 0.15) is 46.3 Å². The Balaban J connectivity index is 1.25. The second-order valence-corrected chi connectivity index (χ2v) is 8.83. The van der Waals surface area contributed by atoms with Gasteiger partial charge in [0.2, 0.25) is 5.91 Å². The maximum Gasteiger partial charge on any atom is 0.246 e. The van der Waals surface area contributed by atoms with E-state index in [-0.39, 0.29) is 11.7 Å². The van der Waals surface area contributed by atoms with Crippen molar-refractivity contribution < 1.29 is 23.8 Å². The molecule has 5 rings (SSSR count). The highest BCUT2D eigenvalue weighted by Crippen LogP contribution is 2.41. The normalized spacial score (nSPS) is 19.1. The lowest BCUT2D eigenvalue weighted by Gasteiger charge is -2.44. The molecule has 1 spiro atoms. The topological polar surface area (TPSA) is 65.1 Å². The van der Waals surface area contributed by atoms with E-state index in [1.165, 1.54) is 0 Å². The molecule has 0 N–H and O–H groups in total. The van der Waals surface area contributed by atoms with Crippen LogP contribution in [0, 0.1) is 13.8 Å². The highest BCUT2D eigenvalue weighted by Gasteiger charge is 2.44. The molecule has 6 heteroatoms. The zero-order valence-corrected chi connectivity index (χ0v) is 18.5. The van der Waals surface area contributed by atoms with Crippen molar-refractivity contribution in [2.75, 3.05) is 26.3 Å². The molecule has 0 unspecified atom stereocenters. The second-order valence-electron chi connectivity index (χ2n) is 8.83. The van der Waals surface area contributed by atoms with E-state index in [9.17, 15) is 9.59 Å². The van der Waals surface area contributed by atoms with Gasteiger partial charge in [0, 0.05) is 32.0 Å². The first kappa shape index (κ1) is 20.6. The van der Waals surface area contributed by atoms with E-state index in [1.807, 2.05) is 49.1 Å². The number of carbonyl (C=O) groups is 2. The van der Waals surface area contributed by atoms with Crippen LogP contribution in [-0.2, 0) is 4.79 Å². The van der Waals surface area contributed by atoms with Crippen LogP contribution in [0.2, 0.25) is 0 Å². The van der Waals surface area contributed by atoms with Gasteiger partial charge in [0.1, 0.15) is 24.6 Å². The van der Waals surface area contributed by atoms with Gasteiger partial charge in [-0.1, -0.05) is 12.1 Å². The van der Waals surface area contributed by atoms with E-state index in [1.54, 1.807) is 12.2 Å². The summed E-state index contributed by atoms with van der Waals surface area (Å²) in [5.74, 6) is 2.25. The lowest BCUT2D eigenvalue weighted by Crippen LogP contribution is -2.52. The molecule has 6 nitrogen and oxygen atoms in total. The van der Waals surface area contributed by atoms with E-state index in [4.69, 9.17) is 14.2 Å². The molecule has 3 aliphatic rings. The summed E-state index contributed by atoms with van der Waals surface area (Å²) in [5, 5.41) is 0. The summed E-state index contributed by atoms with van der Waals surface area (Å²) < 4.78 is 17.6. The van der Waals surface area contributed by atoms with Gasteiger partial charge in [-0.3, -0.25) is 9.59 Å². The molecule has 0 aliphatic carbocycles. The molecular formula is C26H27NO5. The molecule has 3 aliphatic heterocycles. The number of carbonyl (C=O) groups excluding carboxylic acids is 2. The Bertz CT molecular complexity index is 1110. The quantitative estimate of drug-likeness (QED) is 0.667. The SMILES string of the molecule is Cc1ccc2c(c1C)OC1(CCN(C(=O)/C=C\c3ccc4c(c3)OCCO4)CC1)CC2=O. The van der Waals surface area contributed by atoms with Crippen LogP contribution in [0.5, 0.6) is 17.2 Å². The summed E-state index contributed by atoms with van der Waals surface area (Å²) in [4.78, 5) is 27.4. The fraction of sp³-hybridized carbons (Fsp3) is 0.385. The van der Waals surface area contributed by atoms with Gasteiger partial charge in [-0.25, -0.2) is 0 Å². The van der Waals surface area contributed by atoms with Gasteiger partial charge in [0.05, 0.1) is 12.0 Å². The predicted octanol–water partition coefficient (Wildman–Crippen LogP) is 4.11. The van der Waals surface area contributed by atoms with Crippen LogP contribution in [0.15, 0.2) is 36.4 Å². The molecule has 0 aromatic heterocycles. The van der Waals surface area contributed by atoms with Gasteiger partial charge in [-0.2, -0.15) is 0 Å². The van der Waals surface area contributed by atoms with Crippen LogP contribution in [-0.4, -0.2) is 48.5 Å². The predicted molar refractivity (Wildman–Crippen MR) is 121 cm³/mol. The number of fused-ring (bicyclic) bond motifs is 2. The summed E-state index contributed by atoms with van der Waals surface area (Å²) in [5.41, 5.74) is 3.19. The van der Waals surface area contributed by atoms with Gasteiger partial charge in [0.15, 0.2) is 17.3 Å². The van der Waals surface area contributed by atoms with Gasteiger partial charge >= 0.3 is 0 Å². The third kappa shape index (κ3) is 3.74. The van der Waals surface area contributed by atoms with Crippen LogP contribution < -0.4 is 14.2 Å². The first-order valence-corrected chi connectivity index (χ1v) is 11.1. The molecular weight excluding hydrogens is 406 g/mol. The molecule has 0 atom stereocenters. The van der Waals surface area contributed by atoms with Gasteiger partial charge in [-0.15, -0.1) is 0 Å². The lowest BCUT2D eigenvalue weighted by atomic mass is 9.81. The molecule has 2 aromatic carbocycles. The molecule has 2 aromatic rings. The zero-order chi connectivity index (χ0) is 22.3. The average molecular weight is 434 g/mol. The van der Waals surface area contributed by atoms with Gasteiger partial charge in [-0.05, 0) is 54.8 Å². The first-order chi connectivity index (χ1) is 15.4. The minimum absolute atomic E-state index is 0.0377. The largest absolute Gasteiger partial charge is 0.486 e. The summed E-state index contributed by atoms with van der Waals surface area (Å²) in [6.45, 7) is 6.25. The van der Waals surface area contributed by atoms with Crippen molar-refractivity contribution in [3.05, 3.63) is 58.7 Å². The standard InChI is InChI=1S/C26H27NO5/c1-17-3-6-20-21(28)16-26(32-25(20)18(17)2)9-11-27(12-10-26)24(29)8-5-19-4-7-22-23(15-19)31-14-13-30-22/h3-8,15H,9-14,16H2,1-2H3/b8-5-. The Morgan fingerprint density at radius 1 is 1.03 bits per heavy atom.